The van der Waals surface area contributed by atoms with E-state index in [1.54, 1.807) is 0 Å². The summed E-state index contributed by atoms with van der Waals surface area (Å²) in [6.07, 6.45) is 1.53. The summed E-state index contributed by atoms with van der Waals surface area (Å²) >= 11 is 5.94. The fraction of sp³-hybridized carbons (Fsp3) is 0.235. The van der Waals surface area contributed by atoms with E-state index >= 15 is 0 Å². The Bertz CT molecular complexity index is 632. The number of carbonyl (C=O) groups is 1. The Hall–Kier alpha value is -2.00. The van der Waals surface area contributed by atoms with Crippen molar-refractivity contribution in [3.05, 3.63) is 64.7 Å². The summed E-state index contributed by atoms with van der Waals surface area (Å²) in [5, 5.41) is 6.97. The van der Waals surface area contributed by atoms with E-state index in [0.717, 1.165) is 29.1 Å². The van der Waals surface area contributed by atoms with E-state index in [2.05, 4.69) is 16.7 Å². The van der Waals surface area contributed by atoms with E-state index in [4.69, 9.17) is 11.6 Å². The first kappa shape index (κ1) is 14.0. The van der Waals surface area contributed by atoms with E-state index in [0.29, 0.717) is 6.54 Å². The van der Waals surface area contributed by atoms with Crippen molar-refractivity contribution in [2.24, 2.45) is 0 Å². The molecule has 1 heterocycles. The number of carbonyl (C=O) groups excluding carboxylic acids is 1. The molecular formula is C17H17ClN2O. The van der Waals surface area contributed by atoms with E-state index in [1.807, 2.05) is 42.5 Å². The monoisotopic (exact) mass is 300 g/mol. The van der Waals surface area contributed by atoms with Gasteiger partial charge in [0.25, 0.3) is 0 Å². The van der Waals surface area contributed by atoms with Gasteiger partial charge in [-0.05, 0) is 35.7 Å². The summed E-state index contributed by atoms with van der Waals surface area (Å²) in [5.41, 5.74) is 3.39. The molecule has 3 nitrogen and oxygen atoms in total. The predicted octanol–water partition coefficient (Wildman–Crippen LogP) is 3.04. The minimum absolute atomic E-state index is 0.0493. The van der Waals surface area contributed by atoms with Gasteiger partial charge >= 0.3 is 0 Å². The SMILES string of the molecule is O=C(NCCc1cccc(Cl)c1)[C@@H]1Cc2ccccc2N1. The Balaban J connectivity index is 1.50. The average Bonchev–Trinajstić information content (AvgIpc) is 2.91. The van der Waals surface area contributed by atoms with Gasteiger partial charge in [-0.25, -0.2) is 0 Å². The fourth-order valence-electron chi connectivity index (χ4n) is 2.60. The third kappa shape index (κ3) is 3.37. The van der Waals surface area contributed by atoms with Crippen LogP contribution in [0.2, 0.25) is 5.02 Å². The van der Waals surface area contributed by atoms with Crippen molar-refractivity contribution in [2.45, 2.75) is 18.9 Å². The molecule has 0 spiro atoms. The molecule has 0 radical (unpaired) electrons. The molecule has 1 aliphatic rings. The quantitative estimate of drug-likeness (QED) is 0.911. The summed E-state index contributed by atoms with van der Waals surface area (Å²) in [4.78, 5) is 12.2. The highest BCUT2D eigenvalue weighted by Crippen LogP contribution is 2.25. The van der Waals surface area contributed by atoms with Crippen molar-refractivity contribution in [1.82, 2.24) is 5.32 Å². The van der Waals surface area contributed by atoms with Crippen LogP contribution in [0.3, 0.4) is 0 Å². The first-order chi connectivity index (χ1) is 10.2. The molecule has 3 rings (SSSR count). The second kappa shape index (κ2) is 6.19. The first-order valence-corrected chi connectivity index (χ1v) is 7.47. The van der Waals surface area contributed by atoms with Crippen LogP contribution in [0.15, 0.2) is 48.5 Å². The van der Waals surface area contributed by atoms with Crippen LogP contribution in [0.25, 0.3) is 0 Å². The highest BCUT2D eigenvalue weighted by Gasteiger charge is 2.25. The lowest BCUT2D eigenvalue weighted by molar-refractivity contribution is -0.121. The Kier molecular flexibility index (Phi) is 4.11. The zero-order valence-electron chi connectivity index (χ0n) is 11.6. The Morgan fingerprint density at radius 1 is 1.24 bits per heavy atom. The lowest BCUT2D eigenvalue weighted by Gasteiger charge is -2.12. The fourth-order valence-corrected chi connectivity index (χ4v) is 2.81. The number of fused-ring (bicyclic) bond motifs is 1. The maximum atomic E-state index is 12.2. The largest absolute Gasteiger partial charge is 0.373 e. The standard InChI is InChI=1S/C17H17ClN2O/c18-14-6-3-4-12(10-14)8-9-19-17(21)16-11-13-5-1-2-7-15(13)20-16/h1-7,10,16,20H,8-9,11H2,(H,19,21)/t16-/m0/s1. The number of rotatable bonds is 4. The molecule has 2 aromatic carbocycles. The molecule has 1 amide bonds. The molecule has 108 valence electrons. The van der Waals surface area contributed by atoms with E-state index in [-0.39, 0.29) is 11.9 Å². The summed E-state index contributed by atoms with van der Waals surface area (Å²) in [6, 6.07) is 15.6. The Morgan fingerprint density at radius 3 is 2.90 bits per heavy atom. The van der Waals surface area contributed by atoms with Gasteiger partial charge < -0.3 is 10.6 Å². The van der Waals surface area contributed by atoms with Crippen molar-refractivity contribution >= 4 is 23.2 Å². The number of hydrogen-bond donors (Lipinski definition) is 2. The third-order valence-corrected chi connectivity index (χ3v) is 3.92. The van der Waals surface area contributed by atoms with Crippen LogP contribution < -0.4 is 10.6 Å². The number of anilines is 1. The number of benzene rings is 2. The van der Waals surface area contributed by atoms with Crippen molar-refractivity contribution in [2.75, 3.05) is 11.9 Å². The Labute approximate surface area is 129 Å². The topological polar surface area (TPSA) is 41.1 Å². The van der Waals surface area contributed by atoms with Crippen LogP contribution in [-0.4, -0.2) is 18.5 Å². The second-order valence-electron chi connectivity index (χ2n) is 5.23. The van der Waals surface area contributed by atoms with E-state index in [9.17, 15) is 4.79 Å². The molecule has 21 heavy (non-hydrogen) atoms. The zero-order chi connectivity index (χ0) is 14.7. The summed E-state index contributed by atoms with van der Waals surface area (Å²) < 4.78 is 0. The van der Waals surface area contributed by atoms with Crippen LogP contribution in [0.4, 0.5) is 5.69 Å². The lowest BCUT2D eigenvalue weighted by Crippen LogP contribution is -2.39. The molecule has 0 aliphatic carbocycles. The molecule has 2 aromatic rings. The van der Waals surface area contributed by atoms with Crippen molar-refractivity contribution in [3.8, 4) is 0 Å². The maximum absolute atomic E-state index is 12.2. The second-order valence-corrected chi connectivity index (χ2v) is 5.67. The van der Waals surface area contributed by atoms with E-state index in [1.165, 1.54) is 5.56 Å². The smallest absolute Gasteiger partial charge is 0.242 e. The van der Waals surface area contributed by atoms with Crippen molar-refractivity contribution in [1.29, 1.82) is 0 Å². The third-order valence-electron chi connectivity index (χ3n) is 3.69. The number of amides is 1. The molecule has 0 unspecified atom stereocenters. The van der Waals surface area contributed by atoms with Crippen LogP contribution in [0.5, 0.6) is 0 Å². The summed E-state index contributed by atoms with van der Waals surface area (Å²) in [5.74, 6) is 0.0493. The number of halogens is 1. The van der Waals surface area contributed by atoms with Crippen LogP contribution in [0, 0.1) is 0 Å². The van der Waals surface area contributed by atoms with Gasteiger partial charge in [-0.15, -0.1) is 0 Å². The van der Waals surface area contributed by atoms with Gasteiger partial charge in [0.15, 0.2) is 0 Å². The van der Waals surface area contributed by atoms with Crippen molar-refractivity contribution in [3.63, 3.8) is 0 Å². The Morgan fingerprint density at radius 2 is 2.10 bits per heavy atom. The summed E-state index contributed by atoms with van der Waals surface area (Å²) in [6.45, 7) is 0.619. The average molecular weight is 301 g/mol. The molecule has 0 saturated carbocycles. The maximum Gasteiger partial charge on any atom is 0.242 e. The number of hydrogen-bond acceptors (Lipinski definition) is 2. The van der Waals surface area contributed by atoms with Gasteiger partial charge in [-0.1, -0.05) is 41.9 Å². The van der Waals surface area contributed by atoms with Crippen LogP contribution in [-0.2, 0) is 17.6 Å². The molecule has 0 aromatic heterocycles. The normalized spacial score (nSPS) is 16.1. The molecule has 0 bridgehead atoms. The molecule has 1 aliphatic heterocycles. The van der Waals surface area contributed by atoms with Gasteiger partial charge in [0, 0.05) is 23.7 Å². The summed E-state index contributed by atoms with van der Waals surface area (Å²) in [7, 11) is 0. The first-order valence-electron chi connectivity index (χ1n) is 7.09. The highest BCUT2D eigenvalue weighted by molar-refractivity contribution is 6.30. The zero-order valence-corrected chi connectivity index (χ0v) is 12.4. The number of nitrogens with one attached hydrogen (secondary N) is 2. The molecule has 0 saturated heterocycles. The predicted molar refractivity (Wildman–Crippen MR) is 85.7 cm³/mol. The van der Waals surface area contributed by atoms with E-state index < -0.39 is 0 Å². The van der Waals surface area contributed by atoms with Crippen LogP contribution >= 0.6 is 11.6 Å². The van der Waals surface area contributed by atoms with Gasteiger partial charge in [0.05, 0.1) is 0 Å². The molecular weight excluding hydrogens is 284 g/mol. The van der Waals surface area contributed by atoms with Gasteiger partial charge in [-0.2, -0.15) is 0 Å². The van der Waals surface area contributed by atoms with Gasteiger partial charge in [0.1, 0.15) is 6.04 Å². The van der Waals surface area contributed by atoms with Gasteiger partial charge in [0.2, 0.25) is 5.91 Å². The molecule has 0 fully saturated rings. The highest BCUT2D eigenvalue weighted by atomic mass is 35.5. The van der Waals surface area contributed by atoms with Crippen LogP contribution in [0.1, 0.15) is 11.1 Å². The molecule has 4 heteroatoms. The number of para-hydroxylation sites is 1. The minimum Gasteiger partial charge on any atom is -0.373 e. The lowest BCUT2D eigenvalue weighted by atomic mass is 10.1. The molecule has 2 N–H and O–H groups in total. The van der Waals surface area contributed by atoms with Crippen molar-refractivity contribution < 1.29 is 4.79 Å². The minimum atomic E-state index is -0.165. The van der Waals surface area contributed by atoms with Gasteiger partial charge in [-0.3, -0.25) is 4.79 Å². The molecule has 1 atom stereocenters.